The first-order chi connectivity index (χ1) is 11.9. The summed E-state index contributed by atoms with van der Waals surface area (Å²) in [5.74, 6) is 0.422. The summed E-state index contributed by atoms with van der Waals surface area (Å²) in [6.45, 7) is 8.80. The molecule has 1 N–H and O–H groups in total. The van der Waals surface area contributed by atoms with Crippen LogP contribution in [0.25, 0.3) is 0 Å². The van der Waals surface area contributed by atoms with E-state index in [1.165, 1.54) is 6.92 Å². The molecule has 0 aliphatic rings. The number of allylic oxidation sites excluding steroid dienone is 6. The number of aliphatic imine (C=N–C) groups is 1. The smallest absolute Gasteiger partial charge is 0.140 e. The molecule has 0 saturated heterocycles. The van der Waals surface area contributed by atoms with Crippen LogP contribution in [0.4, 0.5) is 8.78 Å². The zero-order chi connectivity index (χ0) is 19.1. The molecule has 0 aromatic rings. The second-order valence-corrected chi connectivity index (χ2v) is 6.59. The molecule has 0 aromatic heterocycles. The van der Waals surface area contributed by atoms with Crippen LogP contribution >= 0.6 is 12.6 Å². The van der Waals surface area contributed by atoms with Gasteiger partial charge in [-0.1, -0.05) is 37.8 Å². The van der Waals surface area contributed by atoms with E-state index in [1.54, 1.807) is 19.2 Å². The Balaban J connectivity index is 4.57. The summed E-state index contributed by atoms with van der Waals surface area (Å²) < 4.78 is 26.4. The van der Waals surface area contributed by atoms with Crippen molar-refractivity contribution in [2.24, 2.45) is 10.9 Å². The standard InChI is InChI=1S/C20H32F2N2S/c1-5-18(15-23-14-17(3)20(4,22)16-21)10-9-11-19(6-2)24-12-7-8-13-25/h5-6,9-11,15,17,24-25H,1,7-8,12-14,16H2,2-4H3/b11-9+,18-10+,19-6-,23-15+/t17-,20?/m1/s1. The fraction of sp³-hybridized carbons (Fsp3) is 0.550. The zero-order valence-electron chi connectivity index (χ0n) is 15.6. The van der Waals surface area contributed by atoms with Crippen LogP contribution in [-0.2, 0) is 0 Å². The topological polar surface area (TPSA) is 24.4 Å². The average Bonchev–Trinajstić information content (AvgIpc) is 2.61. The predicted octanol–water partition coefficient (Wildman–Crippen LogP) is 5.26. The third-order valence-electron chi connectivity index (χ3n) is 3.93. The molecule has 0 amide bonds. The van der Waals surface area contributed by atoms with Gasteiger partial charge in [0.2, 0.25) is 0 Å². The molecule has 0 fully saturated rings. The summed E-state index contributed by atoms with van der Waals surface area (Å²) in [6.07, 6.45) is 13.3. The summed E-state index contributed by atoms with van der Waals surface area (Å²) in [4.78, 5) is 4.20. The number of alkyl halides is 2. The molecule has 2 atom stereocenters. The molecule has 0 aliphatic heterocycles. The van der Waals surface area contributed by atoms with Crippen LogP contribution in [0, 0.1) is 5.92 Å². The zero-order valence-corrected chi connectivity index (χ0v) is 16.5. The maximum atomic E-state index is 13.8. The molecule has 25 heavy (non-hydrogen) atoms. The van der Waals surface area contributed by atoms with Crippen molar-refractivity contribution < 1.29 is 8.78 Å². The second kappa shape index (κ2) is 13.9. The number of rotatable bonds is 13. The van der Waals surface area contributed by atoms with E-state index in [2.05, 4.69) is 29.5 Å². The summed E-state index contributed by atoms with van der Waals surface area (Å²) in [5.41, 5.74) is 0.0182. The van der Waals surface area contributed by atoms with E-state index < -0.39 is 18.3 Å². The fourth-order valence-electron chi connectivity index (χ4n) is 1.79. The molecule has 0 spiro atoms. The van der Waals surface area contributed by atoms with Crippen molar-refractivity contribution in [1.82, 2.24) is 5.32 Å². The summed E-state index contributed by atoms with van der Waals surface area (Å²) in [5, 5.41) is 3.35. The highest BCUT2D eigenvalue weighted by atomic mass is 32.1. The number of nitrogens with zero attached hydrogens (tertiary/aromatic N) is 1. The van der Waals surface area contributed by atoms with Gasteiger partial charge in [-0.05, 0) is 44.1 Å². The minimum absolute atomic E-state index is 0.235. The first-order valence-electron chi connectivity index (χ1n) is 8.67. The molecule has 0 radical (unpaired) electrons. The Morgan fingerprint density at radius 3 is 2.68 bits per heavy atom. The van der Waals surface area contributed by atoms with E-state index in [-0.39, 0.29) is 6.54 Å². The van der Waals surface area contributed by atoms with Gasteiger partial charge in [0, 0.05) is 30.9 Å². The van der Waals surface area contributed by atoms with Gasteiger partial charge in [-0.3, -0.25) is 4.99 Å². The predicted molar refractivity (Wildman–Crippen MR) is 110 cm³/mol. The highest BCUT2D eigenvalue weighted by Gasteiger charge is 2.30. The Morgan fingerprint density at radius 1 is 1.40 bits per heavy atom. The van der Waals surface area contributed by atoms with E-state index >= 15 is 0 Å². The lowest BCUT2D eigenvalue weighted by Gasteiger charge is -2.22. The lowest BCUT2D eigenvalue weighted by molar-refractivity contribution is 0.0831. The normalized spacial score (nSPS) is 17.0. The van der Waals surface area contributed by atoms with Crippen molar-refractivity contribution in [3.05, 3.63) is 48.2 Å². The van der Waals surface area contributed by atoms with Crippen molar-refractivity contribution in [3.8, 4) is 0 Å². The van der Waals surface area contributed by atoms with Crippen LogP contribution in [0.5, 0.6) is 0 Å². The molecule has 1 unspecified atom stereocenters. The average molecular weight is 371 g/mol. The largest absolute Gasteiger partial charge is 0.385 e. The van der Waals surface area contributed by atoms with Crippen LogP contribution in [0.2, 0.25) is 0 Å². The van der Waals surface area contributed by atoms with Crippen molar-refractivity contribution in [2.75, 3.05) is 25.5 Å². The molecular formula is C20H32F2N2S. The molecule has 5 heteroatoms. The minimum atomic E-state index is -1.84. The van der Waals surface area contributed by atoms with Crippen LogP contribution in [0.3, 0.4) is 0 Å². The molecule has 0 rings (SSSR count). The Labute approximate surface area is 157 Å². The fourth-order valence-corrected chi connectivity index (χ4v) is 2.02. The molecule has 0 bridgehead atoms. The van der Waals surface area contributed by atoms with Gasteiger partial charge in [0.15, 0.2) is 0 Å². The van der Waals surface area contributed by atoms with Crippen molar-refractivity contribution in [1.29, 1.82) is 0 Å². The van der Waals surface area contributed by atoms with Gasteiger partial charge in [0.1, 0.15) is 12.3 Å². The minimum Gasteiger partial charge on any atom is -0.385 e. The van der Waals surface area contributed by atoms with Crippen LogP contribution < -0.4 is 5.32 Å². The monoisotopic (exact) mass is 370 g/mol. The molecule has 0 aliphatic carbocycles. The molecule has 0 heterocycles. The van der Waals surface area contributed by atoms with E-state index in [0.29, 0.717) is 0 Å². The Kier molecular flexibility index (Phi) is 13.1. The van der Waals surface area contributed by atoms with E-state index in [9.17, 15) is 8.78 Å². The Bertz CT molecular complexity index is 494. The van der Waals surface area contributed by atoms with E-state index in [1.807, 2.05) is 31.2 Å². The van der Waals surface area contributed by atoms with E-state index in [0.717, 1.165) is 36.4 Å². The molecular weight excluding hydrogens is 338 g/mol. The SMILES string of the molecule is C=CC(/C=N/C[C@@H](C)C(C)(F)CF)=C\C=C\C(=C\C)NCCCCS. The molecule has 0 saturated carbocycles. The molecule has 142 valence electrons. The number of hydrogen-bond acceptors (Lipinski definition) is 3. The summed E-state index contributed by atoms with van der Waals surface area (Å²) >= 11 is 4.19. The molecule has 2 nitrogen and oxygen atoms in total. The Morgan fingerprint density at radius 2 is 2.12 bits per heavy atom. The van der Waals surface area contributed by atoms with Gasteiger partial charge in [-0.2, -0.15) is 12.6 Å². The van der Waals surface area contributed by atoms with Gasteiger partial charge < -0.3 is 5.32 Å². The lowest BCUT2D eigenvalue weighted by atomic mass is 9.94. The van der Waals surface area contributed by atoms with Crippen molar-refractivity contribution in [3.63, 3.8) is 0 Å². The Hall–Kier alpha value is -1.36. The maximum Gasteiger partial charge on any atom is 0.140 e. The number of halogens is 2. The molecule has 0 aromatic carbocycles. The lowest BCUT2D eigenvalue weighted by Crippen LogP contribution is -2.31. The van der Waals surface area contributed by atoms with Gasteiger partial charge in [0.05, 0.1) is 0 Å². The van der Waals surface area contributed by atoms with Crippen LogP contribution in [-0.4, -0.2) is 37.4 Å². The third-order valence-corrected chi connectivity index (χ3v) is 4.25. The quantitative estimate of drug-likeness (QED) is 0.196. The van der Waals surface area contributed by atoms with Crippen molar-refractivity contribution in [2.45, 2.75) is 39.3 Å². The summed E-state index contributed by atoms with van der Waals surface area (Å²) in [6, 6.07) is 0. The highest BCUT2D eigenvalue weighted by molar-refractivity contribution is 7.80. The number of hydrogen-bond donors (Lipinski definition) is 2. The van der Waals surface area contributed by atoms with Gasteiger partial charge >= 0.3 is 0 Å². The number of nitrogens with one attached hydrogen (secondary N) is 1. The first-order valence-corrected chi connectivity index (χ1v) is 9.31. The van der Waals surface area contributed by atoms with Crippen molar-refractivity contribution >= 4 is 18.8 Å². The first kappa shape index (κ1) is 23.6. The highest BCUT2D eigenvalue weighted by Crippen LogP contribution is 2.22. The third kappa shape index (κ3) is 11.0. The van der Waals surface area contributed by atoms with Crippen LogP contribution in [0.15, 0.2) is 53.2 Å². The van der Waals surface area contributed by atoms with E-state index in [4.69, 9.17) is 0 Å². The summed E-state index contributed by atoms with van der Waals surface area (Å²) in [7, 11) is 0. The van der Waals surface area contributed by atoms with Gasteiger partial charge in [-0.15, -0.1) is 0 Å². The van der Waals surface area contributed by atoms with Crippen LogP contribution in [0.1, 0.15) is 33.6 Å². The van der Waals surface area contributed by atoms with Gasteiger partial charge in [-0.25, -0.2) is 8.78 Å². The number of thiol groups is 1. The second-order valence-electron chi connectivity index (χ2n) is 6.14. The van der Waals surface area contributed by atoms with Gasteiger partial charge in [0.25, 0.3) is 0 Å². The number of unbranched alkanes of at least 4 members (excludes halogenated alkanes) is 1. The maximum absolute atomic E-state index is 13.8.